The van der Waals surface area contributed by atoms with Crippen LogP contribution >= 0.6 is 0 Å². The molecule has 1 aromatic rings. The van der Waals surface area contributed by atoms with Crippen LogP contribution in [0.2, 0.25) is 0 Å². The van der Waals surface area contributed by atoms with Gasteiger partial charge in [0.15, 0.2) is 0 Å². The van der Waals surface area contributed by atoms with Crippen molar-refractivity contribution in [2.24, 2.45) is 5.92 Å². The Morgan fingerprint density at radius 2 is 1.78 bits per heavy atom. The summed E-state index contributed by atoms with van der Waals surface area (Å²) in [6.07, 6.45) is 1.41. The second kappa shape index (κ2) is 5.88. The molecule has 140 valence electrons. The molecule has 0 radical (unpaired) electrons. The summed E-state index contributed by atoms with van der Waals surface area (Å²) < 4.78 is 0. The van der Waals surface area contributed by atoms with Gasteiger partial charge in [0.05, 0.1) is 11.1 Å². The Hall–Kier alpha value is -2.74. The maximum atomic E-state index is 12.9. The number of piperidine rings is 1. The molecule has 0 aromatic heterocycles. The van der Waals surface area contributed by atoms with Gasteiger partial charge in [-0.25, -0.2) is 0 Å². The highest BCUT2D eigenvalue weighted by atomic mass is 16.2. The Labute approximate surface area is 155 Å². The van der Waals surface area contributed by atoms with Crippen LogP contribution in [0.15, 0.2) is 18.2 Å². The first kappa shape index (κ1) is 16.4. The number of benzene rings is 1. The lowest BCUT2D eigenvalue weighted by Crippen LogP contribution is -2.54. The Morgan fingerprint density at radius 1 is 0.963 bits per heavy atom. The maximum absolute atomic E-state index is 12.9. The SMILES string of the molecule is O=C1CCC(N2C(=O)c3ccc(N4CC[C@@H]5CNC[C@@H]54)cc3C2=O)C(=O)N1. The second-order valence-electron chi connectivity index (χ2n) is 7.64. The number of nitrogens with one attached hydrogen (secondary N) is 2. The molecule has 0 spiro atoms. The molecule has 4 aliphatic rings. The average Bonchev–Trinajstić information content (AvgIpc) is 3.31. The van der Waals surface area contributed by atoms with Crippen LogP contribution in [0.4, 0.5) is 5.69 Å². The molecule has 3 saturated heterocycles. The molecular weight excluding hydrogens is 348 g/mol. The van der Waals surface area contributed by atoms with E-state index in [-0.39, 0.29) is 18.7 Å². The molecule has 8 nitrogen and oxygen atoms in total. The topological polar surface area (TPSA) is 98.8 Å². The van der Waals surface area contributed by atoms with Crippen LogP contribution < -0.4 is 15.5 Å². The van der Waals surface area contributed by atoms with Crippen molar-refractivity contribution < 1.29 is 19.2 Å². The number of hydrogen-bond donors (Lipinski definition) is 2. The highest BCUT2D eigenvalue weighted by Gasteiger charge is 2.45. The number of amides is 4. The van der Waals surface area contributed by atoms with Crippen molar-refractivity contribution in [2.75, 3.05) is 24.5 Å². The van der Waals surface area contributed by atoms with Crippen molar-refractivity contribution in [3.8, 4) is 0 Å². The van der Waals surface area contributed by atoms with Gasteiger partial charge in [0.2, 0.25) is 11.8 Å². The minimum Gasteiger partial charge on any atom is -0.367 e. The molecule has 4 amide bonds. The van der Waals surface area contributed by atoms with E-state index in [1.54, 1.807) is 12.1 Å². The van der Waals surface area contributed by atoms with Gasteiger partial charge in [-0.1, -0.05) is 0 Å². The lowest BCUT2D eigenvalue weighted by Gasteiger charge is -2.27. The molecule has 2 N–H and O–H groups in total. The number of hydrogen-bond acceptors (Lipinski definition) is 6. The van der Waals surface area contributed by atoms with Crippen LogP contribution in [0.25, 0.3) is 0 Å². The van der Waals surface area contributed by atoms with Gasteiger partial charge >= 0.3 is 0 Å². The van der Waals surface area contributed by atoms with E-state index in [4.69, 9.17) is 0 Å². The Balaban J connectivity index is 1.45. The van der Waals surface area contributed by atoms with Crippen molar-refractivity contribution in [2.45, 2.75) is 31.3 Å². The number of imide groups is 2. The lowest BCUT2D eigenvalue weighted by molar-refractivity contribution is -0.136. The van der Waals surface area contributed by atoms with Crippen LogP contribution in [0.1, 0.15) is 40.0 Å². The summed E-state index contributed by atoms with van der Waals surface area (Å²) in [7, 11) is 0. The first-order chi connectivity index (χ1) is 13.0. The van der Waals surface area contributed by atoms with E-state index in [1.165, 1.54) is 0 Å². The fourth-order valence-electron chi connectivity index (χ4n) is 4.81. The molecule has 0 aliphatic carbocycles. The maximum Gasteiger partial charge on any atom is 0.262 e. The average molecular weight is 368 g/mol. The fraction of sp³-hybridized carbons (Fsp3) is 0.474. The highest BCUT2D eigenvalue weighted by molar-refractivity contribution is 6.23. The number of carbonyl (C=O) groups excluding carboxylic acids is 4. The predicted molar refractivity (Wildman–Crippen MR) is 95.2 cm³/mol. The van der Waals surface area contributed by atoms with Gasteiger partial charge in [-0.3, -0.25) is 29.4 Å². The van der Waals surface area contributed by atoms with Crippen molar-refractivity contribution in [1.82, 2.24) is 15.5 Å². The van der Waals surface area contributed by atoms with Crippen LogP contribution in [0, 0.1) is 5.92 Å². The molecule has 27 heavy (non-hydrogen) atoms. The number of anilines is 1. The zero-order valence-corrected chi connectivity index (χ0v) is 14.7. The van der Waals surface area contributed by atoms with E-state index in [0.29, 0.717) is 23.1 Å². The van der Waals surface area contributed by atoms with Gasteiger partial charge in [0.25, 0.3) is 11.8 Å². The molecule has 5 rings (SSSR count). The van der Waals surface area contributed by atoms with E-state index in [0.717, 1.165) is 36.6 Å². The van der Waals surface area contributed by atoms with Crippen LogP contribution in [-0.2, 0) is 9.59 Å². The molecule has 8 heteroatoms. The predicted octanol–water partition coefficient (Wildman–Crippen LogP) is -0.114. The third-order valence-electron chi connectivity index (χ3n) is 6.20. The third kappa shape index (κ3) is 2.39. The Kier molecular flexibility index (Phi) is 3.58. The zero-order chi connectivity index (χ0) is 18.7. The Morgan fingerprint density at radius 3 is 2.59 bits per heavy atom. The van der Waals surface area contributed by atoms with E-state index in [9.17, 15) is 19.2 Å². The normalized spacial score (nSPS) is 30.0. The van der Waals surface area contributed by atoms with Crippen LogP contribution in [0.5, 0.6) is 0 Å². The summed E-state index contributed by atoms with van der Waals surface area (Å²) in [5.74, 6) is -1.25. The fourth-order valence-corrected chi connectivity index (χ4v) is 4.81. The van der Waals surface area contributed by atoms with Crippen molar-refractivity contribution >= 4 is 29.3 Å². The van der Waals surface area contributed by atoms with Gasteiger partial charge in [0.1, 0.15) is 6.04 Å². The van der Waals surface area contributed by atoms with Gasteiger partial charge in [-0.2, -0.15) is 0 Å². The second-order valence-corrected chi connectivity index (χ2v) is 7.64. The number of fused-ring (bicyclic) bond motifs is 2. The minimum atomic E-state index is -0.922. The van der Waals surface area contributed by atoms with Gasteiger partial charge in [-0.05, 0) is 37.0 Å². The molecule has 1 unspecified atom stereocenters. The summed E-state index contributed by atoms with van der Waals surface area (Å²) in [5.41, 5.74) is 1.61. The van der Waals surface area contributed by atoms with Gasteiger partial charge < -0.3 is 10.2 Å². The largest absolute Gasteiger partial charge is 0.367 e. The first-order valence-electron chi connectivity index (χ1n) is 9.37. The van der Waals surface area contributed by atoms with E-state index >= 15 is 0 Å². The molecule has 0 saturated carbocycles. The zero-order valence-electron chi connectivity index (χ0n) is 14.7. The molecule has 4 heterocycles. The van der Waals surface area contributed by atoms with E-state index in [1.807, 2.05) is 6.07 Å². The molecule has 3 atom stereocenters. The monoisotopic (exact) mass is 368 g/mol. The molecular formula is C19H20N4O4. The Bertz CT molecular complexity index is 882. The summed E-state index contributed by atoms with van der Waals surface area (Å²) >= 11 is 0. The first-order valence-corrected chi connectivity index (χ1v) is 9.37. The van der Waals surface area contributed by atoms with Gasteiger partial charge in [0, 0.05) is 37.8 Å². The summed E-state index contributed by atoms with van der Waals surface area (Å²) in [6.45, 7) is 2.89. The summed E-state index contributed by atoms with van der Waals surface area (Å²) in [4.78, 5) is 52.5. The van der Waals surface area contributed by atoms with E-state index in [2.05, 4.69) is 15.5 Å². The van der Waals surface area contributed by atoms with Crippen molar-refractivity contribution in [1.29, 1.82) is 0 Å². The van der Waals surface area contributed by atoms with Crippen molar-refractivity contribution in [3.05, 3.63) is 29.3 Å². The van der Waals surface area contributed by atoms with Crippen LogP contribution in [0.3, 0.4) is 0 Å². The molecule has 0 bridgehead atoms. The van der Waals surface area contributed by atoms with Crippen LogP contribution in [-0.4, -0.2) is 60.2 Å². The minimum absolute atomic E-state index is 0.124. The number of nitrogens with zero attached hydrogens (tertiary/aromatic N) is 2. The van der Waals surface area contributed by atoms with Gasteiger partial charge in [-0.15, -0.1) is 0 Å². The highest BCUT2D eigenvalue weighted by Crippen LogP contribution is 2.35. The number of carbonyl (C=O) groups is 4. The molecule has 1 aromatic carbocycles. The quantitative estimate of drug-likeness (QED) is 0.707. The van der Waals surface area contributed by atoms with Crippen molar-refractivity contribution in [3.63, 3.8) is 0 Å². The standard InChI is InChI=1S/C19H20N4O4/c24-16-4-3-14(17(25)21-16)23-18(26)12-2-1-11(7-13(12)19(23)27)22-6-5-10-8-20-9-15(10)22/h1-2,7,10,14-15,20H,3-6,8-9H2,(H,21,24,25)/t10-,14?,15+/m1/s1. The smallest absolute Gasteiger partial charge is 0.262 e. The lowest BCUT2D eigenvalue weighted by atomic mass is 10.0. The summed E-state index contributed by atoms with van der Waals surface area (Å²) in [6, 6.07) is 4.85. The summed E-state index contributed by atoms with van der Waals surface area (Å²) in [5, 5.41) is 5.62. The van der Waals surface area contributed by atoms with E-state index < -0.39 is 23.8 Å². The molecule has 3 fully saturated rings. The number of rotatable bonds is 2. The third-order valence-corrected chi connectivity index (χ3v) is 6.20. The molecule has 4 aliphatic heterocycles.